The van der Waals surface area contributed by atoms with Crippen molar-refractivity contribution in [3.8, 4) is 5.75 Å². The molecule has 2 rings (SSSR count). The van der Waals surface area contributed by atoms with Gasteiger partial charge in [0, 0.05) is 5.02 Å². The van der Waals surface area contributed by atoms with Gasteiger partial charge in [0.1, 0.15) is 5.75 Å². The molecule has 0 amide bonds. The lowest BCUT2D eigenvalue weighted by Crippen LogP contribution is -2.22. The Hall–Kier alpha value is -1.22. The number of hydrogen-bond donors (Lipinski definition) is 1. The molecule has 0 saturated carbocycles. The van der Waals surface area contributed by atoms with E-state index in [-0.39, 0.29) is 6.04 Å². The topological polar surface area (TPSA) is 21.3 Å². The molecule has 0 aliphatic rings. The molecule has 2 aromatic carbocycles. The zero-order chi connectivity index (χ0) is 15.4. The summed E-state index contributed by atoms with van der Waals surface area (Å²) in [6.45, 7) is 5.01. The lowest BCUT2D eigenvalue weighted by atomic mass is 9.95. The van der Waals surface area contributed by atoms with Crippen LogP contribution in [0.25, 0.3) is 0 Å². The second-order valence-corrected chi connectivity index (χ2v) is 5.73. The molecule has 0 aliphatic heterocycles. The average Bonchev–Trinajstić information content (AvgIpc) is 2.45. The van der Waals surface area contributed by atoms with Gasteiger partial charge in [-0.2, -0.15) is 0 Å². The number of methoxy groups -OCH3 is 1. The van der Waals surface area contributed by atoms with E-state index in [0.717, 1.165) is 22.7 Å². The normalized spacial score (nSPS) is 12.2. The highest BCUT2D eigenvalue weighted by atomic mass is 35.5. The second kappa shape index (κ2) is 7.17. The number of ether oxygens (including phenoxy) is 1. The fourth-order valence-corrected chi connectivity index (χ4v) is 2.93. The maximum atomic E-state index is 6.25. The van der Waals surface area contributed by atoms with E-state index in [1.807, 2.05) is 30.3 Å². The van der Waals surface area contributed by atoms with Gasteiger partial charge in [-0.05, 0) is 54.4 Å². The van der Waals surface area contributed by atoms with E-state index < -0.39 is 0 Å². The Kier molecular flexibility index (Phi) is 5.51. The maximum Gasteiger partial charge on any atom is 0.137 e. The van der Waals surface area contributed by atoms with E-state index in [9.17, 15) is 0 Å². The van der Waals surface area contributed by atoms with E-state index in [1.165, 1.54) is 5.56 Å². The first-order valence-corrected chi connectivity index (χ1v) is 7.65. The molecule has 0 bridgehead atoms. The molecule has 1 unspecified atom stereocenters. The first-order chi connectivity index (χ1) is 10.1. The van der Waals surface area contributed by atoms with Gasteiger partial charge in [0.15, 0.2) is 0 Å². The average molecular weight is 324 g/mol. The predicted octanol–water partition coefficient (Wildman–Crippen LogP) is 5.01. The number of hydrogen-bond acceptors (Lipinski definition) is 2. The van der Waals surface area contributed by atoms with E-state index in [1.54, 1.807) is 7.11 Å². The van der Waals surface area contributed by atoms with Gasteiger partial charge in [-0.15, -0.1) is 0 Å². The van der Waals surface area contributed by atoms with Crippen LogP contribution in [0.4, 0.5) is 0 Å². The van der Waals surface area contributed by atoms with Crippen molar-refractivity contribution in [3.05, 3.63) is 63.1 Å². The molecule has 0 fully saturated rings. The van der Waals surface area contributed by atoms with Crippen LogP contribution in [-0.2, 0) is 0 Å². The van der Waals surface area contributed by atoms with Crippen LogP contribution in [0, 0.1) is 6.92 Å². The highest BCUT2D eigenvalue weighted by molar-refractivity contribution is 6.32. The van der Waals surface area contributed by atoms with Crippen LogP contribution in [0.5, 0.6) is 5.75 Å². The minimum atomic E-state index is 0.0793. The van der Waals surface area contributed by atoms with Crippen LogP contribution in [0.15, 0.2) is 36.4 Å². The molecule has 21 heavy (non-hydrogen) atoms. The van der Waals surface area contributed by atoms with Gasteiger partial charge >= 0.3 is 0 Å². The molecule has 112 valence electrons. The summed E-state index contributed by atoms with van der Waals surface area (Å²) in [5.74, 6) is 0.684. The van der Waals surface area contributed by atoms with Crippen LogP contribution in [-0.4, -0.2) is 13.7 Å². The zero-order valence-electron chi connectivity index (χ0n) is 12.4. The van der Waals surface area contributed by atoms with Crippen molar-refractivity contribution < 1.29 is 4.74 Å². The van der Waals surface area contributed by atoms with Crippen molar-refractivity contribution in [2.24, 2.45) is 0 Å². The van der Waals surface area contributed by atoms with Crippen molar-refractivity contribution >= 4 is 23.2 Å². The molecular formula is C17H19Cl2NO. The quantitative estimate of drug-likeness (QED) is 0.835. The number of halogens is 2. The number of rotatable bonds is 5. The minimum Gasteiger partial charge on any atom is -0.495 e. The SMILES string of the molecule is CCNC(c1ccc(OC)c(Cl)c1)c1ccc(Cl)cc1C. The molecule has 0 radical (unpaired) electrons. The molecular weight excluding hydrogens is 305 g/mol. The van der Waals surface area contributed by atoms with Gasteiger partial charge in [-0.1, -0.05) is 42.3 Å². The van der Waals surface area contributed by atoms with Gasteiger partial charge < -0.3 is 10.1 Å². The third-order valence-electron chi connectivity index (χ3n) is 3.46. The lowest BCUT2D eigenvalue weighted by molar-refractivity contribution is 0.414. The van der Waals surface area contributed by atoms with Crippen LogP contribution in [0.2, 0.25) is 10.0 Å². The summed E-state index contributed by atoms with van der Waals surface area (Å²) in [6.07, 6.45) is 0. The number of aryl methyl sites for hydroxylation is 1. The summed E-state index contributed by atoms with van der Waals surface area (Å²) < 4.78 is 5.22. The van der Waals surface area contributed by atoms with E-state index in [4.69, 9.17) is 27.9 Å². The smallest absolute Gasteiger partial charge is 0.137 e. The monoisotopic (exact) mass is 323 g/mol. The molecule has 0 heterocycles. The molecule has 2 nitrogen and oxygen atoms in total. The maximum absolute atomic E-state index is 6.25. The molecule has 2 aromatic rings. The largest absolute Gasteiger partial charge is 0.495 e. The molecule has 1 atom stereocenters. The summed E-state index contributed by atoms with van der Waals surface area (Å²) in [7, 11) is 1.62. The minimum absolute atomic E-state index is 0.0793. The van der Waals surface area contributed by atoms with Crippen molar-refractivity contribution in [1.82, 2.24) is 5.32 Å². The second-order valence-electron chi connectivity index (χ2n) is 4.89. The van der Waals surface area contributed by atoms with Crippen molar-refractivity contribution in [3.63, 3.8) is 0 Å². The highest BCUT2D eigenvalue weighted by Gasteiger charge is 2.16. The van der Waals surface area contributed by atoms with Gasteiger partial charge in [0.25, 0.3) is 0 Å². The molecule has 0 aliphatic carbocycles. The molecule has 1 N–H and O–H groups in total. The standard InChI is InChI=1S/C17H19Cl2NO/c1-4-20-17(14-7-6-13(18)9-11(14)2)12-5-8-16(21-3)15(19)10-12/h5-10,17,20H,4H2,1-3H3. The van der Waals surface area contributed by atoms with Crippen molar-refractivity contribution in [1.29, 1.82) is 0 Å². The Balaban J connectivity index is 2.45. The third-order valence-corrected chi connectivity index (χ3v) is 3.99. The van der Waals surface area contributed by atoms with E-state index in [0.29, 0.717) is 10.8 Å². The molecule has 4 heteroatoms. The Bertz CT molecular complexity index is 628. The van der Waals surface area contributed by atoms with Crippen LogP contribution in [0.3, 0.4) is 0 Å². The van der Waals surface area contributed by atoms with Crippen molar-refractivity contribution in [2.45, 2.75) is 19.9 Å². The zero-order valence-corrected chi connectivity index (χ0v) is 13.9. The molecule has 0 aromatic heterocycles. The summed E-state index contributed by atoms with van der Waals surface area (Å²) >= 11 is 12.3. The number of nitrogens with one attached hydrogen (secondary N) is 1. The van der Waals surface area contributed by atoms with Gasteiger partial charge in [-0.25, -0.2) is 0 Å². The van der Waals surface area contributed by atoms with E-state index in [2.05, 4.69) is 25.2 Å². The van der Waals surface area contributed by atoms with Gasteiger partial charge in [0.05, 0.1) is 18.2 Å². The number of benzene rings is 2. The fourth-order valence-electron chi connectivity index (χ4n) is 2.44. The Labute approximate surface area is 136 Å². The predicted molar refractivity (Wildman–Crippen MR) is 89.7 cm³/mol. The highest BCUT2D eigenvalue weighted by Crippen LogP contribution is 2.32. The lowest BCUT2D eigenvalue weighted by Gasteiger charge is -2.22. The summed E-state index contributed by atoms with van der Waals surface area (Å²) in [4.78, 5) is 0. The Morgan fingerprint density at radius 1 is 1.14 bits per heavy atom. The Morgan fingerprint density at radius 2 is 1.90 bits per heavy atom. The van der Waals surface area contributed by atoms with E-state index >= 15 is 0 Å². The summed E-state index contributed by atoms with van der Waals surface area (Å²) in [5.41, 5.74) is 3.45. The molecule has 0 spiro atoms. The molecule has 0 saturated heterocycles. The first kappa shape index (κ1) is 16.2. The van der Waals surface area contributed by atoms with Crippen LogP contribution in [0.1, 0.15) is 29.7 Å². The summed E-state index contributed by atoms with van der Waals surface area (Å²) in [5, 5.41) is 4.86. The van der Waals surface area contributed by atoms with Gasteiger partial charge in [0.2, 0.25) is 0 Å². The van der Waals surface area contributed by atoms with Gasteiger partial charge in [-0.3, -0.25) is 0 Å². The fraction of sp³-hybridized carbons (Fsp3) is 0.294. The van der Waals surface area contributed by atoms with Crippen molar-refractivity contribution in [2.75, 3.05) is 13.7 Å². The first-order valence-electron chi connectivity index (χ1n) is 6.89. The Morgan fingerprint density at radius 3 is 2.48 bits per heavy atom. The van der Waals surface area contributed by atoms with Crippen LogP contribution < -0.4 is 10.1 Å². The third kappa shape index (κ3) is 3.70. The van der Waals surface area contributed by atoms with Crippen LogP contribution >= 0.6 is 23.2 Å². The summed E-state index contributed by atoms with van der Waals surface area (Å²) in [6, 6.07) is 11.9.